The molecule has 39 heavy (non-hydrogen) atoms. The highest BCUT2D eigenvalue weighted by Gasteiger charge is 2.54. The Kier molecular flexibility index (Phi) is 8.94. The van der Waals surface area contributed by atoms with E-state index in [-0.39, 0.29) is 17.4 Å². The van der Waals surface area contributed by atoms with Crippen molar-refractivity contribution in [2.45, 2.75) is 78.7 Å². The van der Waals surface area contributed by atoms with Gasteiger partial charge in [-0.25, -0.2) is 4.79 Å². The predicted octanol–water partition coefficient (Wildman–Crippen LogP) is 3.14. The lowest BCUT2D eigenvalue weighted by atomic mass is 9.61. The summed E-state index contributed by atoms with van der Waals surface area (Å²) >= 11 is 0. The third-order valence-corrected chi connectivity index (χ3v) is 7.92. The van der Waals surface area contributed by atoms with Crippen LogP contribution in [0.1, 0.15) is 73.0 Å². The van der Waals surface area contributed by atoms with E-state index in [0.717, 1.165) is 25.1 Å². The molecule has 2 aliphatic heterocycles. The van der Waals surface area contributed by atoms with Crippen molar-refractivity contribution in [3.05, 3.63) is 47.6 Å². The number of nitrogens with one attached hydrogen (secondary N) is 5. The van der Waals surface area contributed by atoms with Gasteiger partial charge in [-0.2, -0.15) is 0 Å². The Morgan fingerprint density at radius 3 is 2.59 bits per heavy atom. The number of nitrogens with two attached hydrogens (primary N) is 1. The van der Waals surface area contributed by atoms with E-state index in [0.29, 0.717) is 42.4 Å². The molecule has 0 aliphatic carbocycles. The Morgan fingerprint density at radius 2 is 2.00 bits per heavy atom. The molecule has 1 aromatic heterocycles. The summed E-state index contributed by atoms with van der Waals surface area (Å²) in [4.78, 5) is 38.1. The first-order valence-corrected chi connectivity index (χ1v) is 13.4. The molecule has 0 bridgehead atoms. The van der Waals surface area contributed by atoms with Crippen LogP contribution in [0.4, 0.5) is 10.6 Å². The zero-order valence-corrected chi connectivity index (χ0v) is 23.9. The maximum atomic E-state index is 12.9. The van der Waals surface area contributed by atoms with Gasteiger partial charge in [0.1, 0.15) is 5.76 Å². The number of aromatic nitrogens is 1. The number of anilines is 1. The van der Waals surface area contributed by atoms with E-state index >= 15 is 0 Å². The largest absolute Gasteiger partial charge is 0.386 e. The SMILES string of the molecule is C=C(/C=C\CCC(C)(C(N)=O)C1(C)CNC(C)=C1NC(=O)[C@H]1CCCN1)NC(=O)Nc1cc(C(C)(C)C)on1. The van der Waals surface area contributed by atoms with Gasteiger partial charge in [0, 0.05) is 40.5 Å². The number of hydrogen-bond acceptors (Lipinski definition) is 7. The van der Waals surface area contributed by atoms with Gasteiger partial charge in [-0.15, -0.1) is 0 Å². The first-order chi connectivity index (χ1) is 18.2. The van der Waals surface area contributed by atoms with Crippen molar-refractivity contribution in [3.63, 3.8) is 0 Å². The first-order valence-electron chi connectivity index (χ1n) is 13.4. The summed E-state index contributed by atoms with van der Waals surface area (Å²) in [6.45, 7) is 16.8. The van der Waals surface area contributed by atoms with Gasteiger partial charge in [0.05, 0.1) is 11.5 Å². The van der Waals surface area contributed by atoms with Crippen LogP contribution in [0.25, 0.3) is 0 Å². The van der Waals surface area contributed by atoms with Crippen LogP contribution in [0.5, 0.6) is 0 Å². The molecule has 3 heterocycles. The highest BCUT2D eigenvalue weighted by atomic mass is 16.5. The van der Waals surface area contributed by atoms with E-state index in [1.807, 2.05) is 47.6 Å². The molecule has 3 rings (SSSR count). The molecule has 4 amide bonds. The van der Waals surface area contributed by atoms with Crippen molar-refractivity contribution in [1.29, 1.82) is 0 Å². The molecule has 0 radical (unpaired) electrons. The lowest BCUT2D eigenvalue weighted by Crippen LogP contribution is -2.53. The highest BCUT2D eigenvalue weighted by Crippen LogP contribution is 2.50. The van der Waals surface area contributed by atoms with E-state index in [4.69, 9.17) is 10.3 Å². The minimum Gasteiger partial charge on any atom is -0.386 e. The summed E-state index contributed by atoms with van der Waals surface area (Å²) in [5, 5.41) is 18.8. The second-order valence-electron chi connectivity index (χ2n) is 11.9. The topological polar surface area (TPSA) is 163 Å². The number of amides is 4. The molecule has 11 nitrogen and oxygen atoms in total. The monoisotopic (exact) mass is 541 g/mol. The number of primary amides is 1. The minimum atomic E-state index is -0.961. The molecular weight excluding hydrogens is 498 g/mol. The van der Waals surface area contributed by atoms with E-state index in [1.54, 1.807) is 12.1 Å². The number of urea groups is 1. The molecule has 7 N–H and O–H groups in total. The zero-order valence-electron chi connectivity index (χ0n) is 23.9. The summed E-state index contributed by atoms with van der Waals surface area (Å²) in [6, 6.07) is 0.944. The van der Waals surface area contributed by atoms with Gasteiger partial charge < -0.3 is 31.5 Å². The maximum Gasteiger partial charge on any atom is 0.324 e. The van der Waals surface area contributed by atoms with Crippen LogP contribution >= 0.6 is 0 Å². The van der Waals surface area contributed by atoms with Gasteiger partial charge in [-0.05, 0) is 52.2 Å². The van der Waals surface area contributed by atoms with Crippen LogP contribution in [0.3, 0.4) is 0 Å². The quantitative estimate of drug-likeness (QED) is 0.248. The number of carbonyl (C=O) groups excluding carboxylic acids is 3. The molecule has 11 heteroatoms. The molecule has 1 fully saturated rings. The fourth-order valence-corrected chi connectivity index (χ4v) is 5.01. The van der Waals surface area contributed by atoms with E-state index in [2.05, 4.69) is 38.3 Å². The summed E-state index contributed by atoms with van der Waals surface area (Å²) in [5.74, 6) is 0.423. The second-order valence-corrected chi connectivity index (χ2v) is 11.9. The molecule has 0 aromatic carbocycles. The lowest BCUT2D eigenvalue weighted by molar-refractivity contribution is -0.133. The predicted molar refractivity (Wildman–Crippen MR) is 150 cm³/mol. The third-order valence-electron chi connectivity index (χ3n) is 7.92. The van der Waals surface area contributed by atoms with Crippen LogP contribution in [0, 0.1) is 10.8 Å². The van der Waals surface area contributed by atoms with Crippen LogP contribution in [-0.4, -0.2) is 42.1 Å². The first kappa shape index (κ1) is 29.9. The Hall–Kier alpha value is -3.60. The molecule has 3 atom stereocenters. The Bertz CT molecular complexity index is 1170. The third kappa shape index (κ3) is 6.70. The average Bonchev–Trinajstić information content (AvgIpc) is 3.60. The fraction of sp³-hybridized carbons (Fsp3) is 0.571. The van der Waals surface area contributed by atoms with Gasteiger partial charge in [0.2, 0.25) is 11.8 Å². The van der Waals surface area contributed by atoms with E-state index in [9.17, 15) is 14.4 Å². The standard InChI is InChI=1S/C28H43N7O4/c1-17(32-25(38)33-21-15-20(39-35-21)26(3,4)5)11-8-9-13-27(6,24(29)37)28(7)16-31-18(2)22(28)34-23(36)19-12-10-14-30-19/h8,11,15,19,30-31H,1,9-10,12-14,16H2,2-7H3,(H2,29,37)(H,34,36)(H2,32,33,35,38)/b11-8-/t19-,27?,28?/m1/s1. The zero-order chi connectivity index (χ0) is 29.0. The van der Waals surface area contributed by atoms with Gasteiger partial charge in [-0.3, -0.25) is 14.9 Å². The van der Waals surface area contributed by atoms with Crippen molar-refractivity contribution < 1.29 is 18.9 Å². The van der Waals surface area contributed by atoms with Crippen molar-refractivity contribution in [1.82, 2.24) is 26.4 Å². The fourth-order valence-electron chi connectivity index (χ4n) is 5.01. The normalized spacial score (nSPS) is 22.9. The summed E-state index contributed by atoms with van der Waals surface area (Å²) in [7, 11) is 0. The van der Waals surface area contributed by atoms with Gasteiger partial charge >= 0.3 is 6.03 Å². The smallest absolute Gasteiger partial charge is 0.324 e. The van der Waals surface area contributed by atoms with Crippen LogP contribution < -0.4 is 32.3 Å². The Labute approximate surface area is 230 Å². The summed E-state index contributed by atoms with van der Waals surface area (Å²) < 4.78 is 5.28. The van der Waals surface area contributed by atoms with Crippen LogP contribution in [0.15, 0.2) is 46.4 Å². The Balaban J connectivity index is 1.59. The molecule has 0 saturated carbocycles. The molecule has 2 aliphatic rings. The Morgan fingerprint density at radius 1 is 1.28 bits per heavy atom. The number of nitrogens with zero attached hydrogens (tertiary/aromatic N) is 1. The van der Waals surface area contributed by atoms with E-state index in [1.165, 1.54) is 0 Å². The number of allylic oxidation sites excluding steroid dienone is 3. The average molecular weight is 542 g/mol. The molecule has 2 unspecified atom stereocenters. The molecule has 1 saturated heterocycles. The van der Waals surface area contributed by atoms with Gasteiger partial charge in [-0.1, -0.05) is 45.5 Å². The van der Waals surface area contributed by atoms with Crippen molar-refractivity contribution in [2.75, 3.05) is 18.4 Å². The van der Waals surface area contributed by atoms with Gasteiger partial charge in [0.15, 0.2) is 5.82 Å². The second kappa shape index (κ2) is 11.6. The number of rotatable bonds is 10. The van der Waals surface area contributed by atoms with E-state index < -0.39 is 22.8 Å². The molecule has 214 valence electrons. The van der Waals surface area contributed by atoms with Crippen molar-refractivity contribution in [2.24, 2.45) is 16.6 Å². The lowest BCUT2D eigenvalue weighted by Gasteiger charge is -2.43. The molecule has 1 aromatic rings. The van der Waals surface area contributed by atoms with Crippen LogP contribution in [-0.2, 0) is 15.0 Å². The number of hydrogen-bond donors (Lipinski definition) is 6. The molecular formula is C28H43N7O4. The number of carbonyl (C=O) groups is 3. The van der Waals surface area contributed by atoms with Crippen molar-refractivity contribution >= 4 is 23.7 Å². The van der Waals surface area contributed by atoms with Gasteiger partial charge in [0.25, 0.3) is 0 Å². The molecule has 0 spiro atoms. The summed E-state index contributed by atoms with van der Waals surface area (Å²) in [5.41, 5.74) is 5.97. The minimum absolute atomic E-state index is 0.0932. The maximum absolute atomic E-state index is 12.9. The highest BCUT2D eigenvalue weighted by molar-refractivity contribution is 5.89. The van der Waals surface area contributed by atoms with Crippen LogP contribution in [0.2, 0.25) is 0 Å². The summed E-state index contributed by atoms with van der Waals surface area (Å²) in [6.07, 6.45) is 6.18. The van der Waals surface area contributed by atoms with Crippen molar-refractivity contribution in [3.8, 4) is 0 Å².